The highest BCUT2D eigenvalue weighted by atomic mass is 16.5. The van der Waals surface area contributed by atoms with Crippen molar-refractivity contribution < 1.29 is 14.3 Å². The summed E-state index contributed by atoms with van der Waals surface area (Å²) in [6.45, 7) is 4.21. The van der Waals surface area contributed by atoms with Crippen molar-refractivity contribution in [3.05, 3.63) is 29.8 Å². The van der Waals surface area contributed by atoms with Crippen LogP contribution in [0.3, 0.4) is 0 Å². The third-order valence-electron chi connectivity index (χ3n) is 6.14. The summed E-state index contributed by atoms with van der Waals surface area (Å²) in [5, 5.41) is 9.51. The van der Waals surface area contributed by atoms with E-state index in [-0.39, 0.29) is 23.5 Å². The molecule has 2 saturated heterocycles. The quantitative estimate of drug-likeness (QED) is 0.752. The summed E-state index contributed by atoms with van der Waals surface area (Å²) in [5.74, 6) is 0.927. The Hall–Kier alpha value is -2.08. The van der Waals surface area contributed by atoms with Gasteiger partial charge in [0.05, 0.1) is 11.5 Å². The molecule has 3 heterocycles. The molecule has 2 amide bonds. The Kier molecular flexibility index (Phi) is 4.39. The van der Waals surface area contributed by atoms with Gasteiger partial charge in [0.2, 0.25) is 11.8 Å². The number of carbonyl (C=O) groups excluding carboxylic acids is 2. The van der Waals surface area contributed by atoms with Gasteiger partial charge in [-0.2, -0.15) is 0 Å². The predicted molar refractivity (Wildman–Crippen MR) is 97.8 cm³/mol. The summed E-state index contributed by atoms with van der Waals surface area (Å²) >= 11 is 0. The molecule has 2 fully saturated rings. The van der Waals surface area contributed by atoms with Crippen molar-refractivity contribution in [2.45, 2.75) is 50.7 Å². The van der Waals surface area contributed by atoms with Crippen molar-refractivity contribution in [1.82, 2.24) is 16.0 Å². The van der Waals surface area contributed by atoms with Crippen LogP contribution in [-0.4, -0.2) is 37.0 Å². The molecule has 3 aliphatic heterocycles. The molecule has 1 spiro atoms. The summed E-state index contributed by atoms with van der Waals surface area (Å²) < 4.78 is 6.41. The van der Waals surface area contributed by atoms with E-state index in [0.717, 1.165) is 43.7 Å². The van der Waals surface area contributed by atoms with Gasteiger partial charge >= 0.3 is 0 Å². The monoisotopic (exact) mass is 357 g/mol. The molecule has 2 unspecified atom stereocenters. The summed E-state index contributed by atoms with van der Waals surface area (Å²) in [7, 11) is 0. The first-order valence-electron chi connectivity index (χ1n) is 9.56. The number of carbonyl (C=O) groups is 2. The van der Waals surface area contributed by atoms with E-state index in [1.54, 1.807) is 0 Å². The Morgan fingerprint density at radius 2 is 2.00 bits per heavy atom. The second-order valence-corrected chi connectivity index (χ2v) is 8.14. The van der Waals surface area contributed by atoms with Crippen LogP contribution in [0.4, 0.5) is 0 Å². The molecule has 2 atom stereocenters. The summed E-state index contributed by atoms with van der Waals surface area (Å²) in [6, 6.07) is 7.96. The van der Waals surface area contributed by atoms with Crippen molar-refractivity contribution in [3.63, 3.8) is 0 Å². The van der Waals surface area contributed by atoms with Gasteiger partial charge in [0, 0.05) is 24.9 Å². The molecule has 0 aliphatic carbocycles. The maximum absolute atomic E-state index is 13.1. The van der Waals surface area contributed by atoms with Gasteiger partial charge in [0.15, 0.2) is 0 Å². The minimum Gasteiger partial charge on any atom is -0.487 e. The zero-order chi connectivity index (χ0) is 18.2. The molecule has 26 heavy (non-hydrogen) atoms. The van der Waals surface area contributed by atoms with E-state index in [4.69, 9.17) is 4.74 Å². The second-order valence-electron chi connectivity index (χ2n) is 8.14. The number of hydrogen-bond donors (Lipinski definition) is 3. The van der Waals surface area contributed by atoms with E-state index in [0.29, 0.717) is 19.4 Å². The third kappa shape index (κ3) is 3.18. The molecule has 6 nitrogen and oxygen atoms in total. The molecule has 0 saturated carbocycles. The first-order chi connectivity index (χ1) is 12.5. The molecule has 6 heteroatoms. The molecule has 1 aromatic rings. The van der Waals surface area contributed by atoms with Crippen LogP contribution in [0.2, 0.25) is 0 Å². The highest BCUT2D eigenvalue weighted by molar-refractivity contribution is 5.86. The van der Waals surface area contributed by atoms with Crippen LogP contribution in [0.25, 0.3) is 0 Å². The van der Waals surface area contributed by atoms with Crippen LogP contribution in [-0.2, 0) is 9.59 Å². The largest absolute Gasteiger partial charge is 0.487 e. The maximum atomic E-state index is 13.1. The van der Waals surface area contributed by atoms with Crippen LogP contribution in [0.5, 0.6) is 5.75 Å². The Balaban J connectivity index is 1.56. The number of nitrogens with one attached hydrogen (secondary N) is 3. The minimum absolute atomic E-state index is 0.0169. The second kappa shape index (κ2) is 6.58. The van der Waals surface area contributed by atoms with E-state index in [1.165, 1.54) is 0 Å². The van der Waals surface area contributed by atoms with Gasteiger partial charge in [-0.1, -0.05) is 18.2 Å². The lowest BCUT2D eigenvalue weighted by Crippen LogP contribution is -2.54. The van der Waals surface area contributed by atoms with Gasteiger partial charge in [-0.3, -0.25) is 9.59 Å². The van der Waals surface area contributed by atoms with Gasteiger partial charge in [-0.25, -0.2) is 0 Å². The molecule has 4 rings (SSSR count). The van der Waals surface area contributed by atoms with Crippen molar-refractivity contribution >= 4 is 11.8 Å². The van der Waals surface area contributed by atoms with Crippen LogP contribution in [0.15, 0.2) is 24.3 Å². The molecule has 1 aromatic carbocycles. The molecule has 3 aliphatic rings. The standard InChI is InChI=1S/C20H27N3O3/c1-19(7-6-17(24)22-13-19)18(25)23-15-12-20(8-10-21-11-9-20)26-16-5-3-2-4-14(15)16/h2-5,15,21H,6-13H2,1H3,(H,22,24)(H,23,25). The van der Waals surface area contributed by atoms with Gasteiger partial charge in [0.1, 0.15) is 11.4 Å². The van der Waals surface area contributed by atoms with Crippen LogP contribution < -0.4 is 20.7 Å². The molecule has 0 radical (unpaired) electrons. The molecule has 0 aromatic heterocycles. The van der Waals surface area contributed by atoms with E-state index in [1.807, 2.05) is 31.2 Å². The van der Waals surface area contributed by atoms with Crippen molar-refractivity contribution in [1.29, 1.82) is 0 Å². The van der Waals surface area contributed by atoms with Gasteiger partial charge in [-0.05, 0) is 45.3 Å². The lowest BCUT2D eigenvalue weighted by Gasteiger charge is -2.45. The first-order valence-corrected chi connectivity index (χ1v) is 9.56. The lowest BCUT2D eigenvalue weighted by atomic mass is 9.79. The topological polar surface area (TPSA) is 79.5 Å². The Morgan fingerprint density at radius 3 is 2.73 bits per heavy atom. The zero-order valence-corrected chi connectivity index (χ0v) is 15.3. The van der Waals surface area contributed by atoms with Crippen LogP contribution >= 0.6 is 0 Å². The van der Waals surface area contributed by atoms with E-state index >= 15 is 0 Å². The number of benzene rings is 1. The zero-order valence-electron chi connectivity index (χ0n) is 15.3. The molecular weight excluding hydrogens is 330 g/mol. The average molecular weight is 357 g/mol. The van der Waals surface area contributed by atoms with Crippen LogP contribution in [0.1, 0.15) is 50.6 Å². The third-order valence-corrected chi connectivity index (χ3v) is 6.14. The number of fused-ring (bicyclic) bond motifs is 1. The maximum Gasteiger partial charge on any atom is 0.228 e. The Bertz CT molecular complexity index is 702. The summed E-state index contributed by atoms with van der Waals surface area (Å²) in [5.41, 5.74) is 0.287. The molecule has 3 N–H and O–H groups in total. The molecular formula is C20H27N3O3. The fourth-order valence-electron chi connectivity index (χ4n) is 4.32. The fraction of sp³-hybridized carbons (Fsp3) is 0.600. The number of ether oxygens (including phenoxy) is 1. The summed E-state index contributed by atoms with van der Waals surface area (Å²) in [6.07, 6.45) is 3.68. The highest BCUT2D eigenvalue weighted by Crippen LogP contribution is 2.43. The Morgan fingerprint density at radius 1 is 1.23 bits per heavy atom. The van der Waals surface area contributed by atoms with Gasteiger partial charge in [0.25, 0.3) is 0 Å². The first kappa shape index (κ1) is 17.3. The van der Waals surface area contributed by atoms with Gasteiger partial charge < -0.3 is 20.7 Å². The lowest BCUT2D eigenvalue weighted by molar-refractivity contribution is -0.135. The van der Waals surface area contributed by atoms with Crippen molar-refractivity contribution in [2.24, 2.45) is 5.41 Å². The number of rotatable bonds is 2. The SMILES string of the molecule is CC1(C(=O)NC2CC3(CCNCC3)Oc3ccccc32)CCC(=O)NC1. The number of piperidine rings is 2. The summed E-state index contributed by atoms with van der Waals surface area (Å²) in [4.78, 5) is 24.5. The number of hydrogen-bond acceptors (Lipinski definition) is 4. The molecule has 140 valence electrons. The average Bonchev–Trinajstić information content (AvgIpc) is 2.65. The predicted octanol–water partition coefficient (Wildman–Crippen LogP) is 1.66. The number of para-hydroxylation sites is 1. The van der Waals surface area contributed by atoms with Crippen LogP contribution in [0, 0.1) is 5.41 Å². The van der Waals surface area contributed by atoms with E-state index in [2.05, 4.69) is 16.0 Å². The highest BCUT2D eigenvalue weighted by Gasteiger charge is 2.44. The minimum atomic E-state index is -0.553. The number of amides is 2. The van der Waals surface area contributed by atoms with E-state index in [9.17, 15) is 9.59 Å². The Labute approximate surface area is 154 Å². The molecule has 0 bridgehead atoms. The van der Waals surface area contributed by atoms with Gasteiger partial charge in [-0.15, -0.1) is 0 Å². The smallest absolute Gasteiger partial charge is 0.228 e. The van der Waals surface area contributed by atoms with Crippen molar-refractivity contribution in [3.8, 4) is 5.75 Å². The normalized spacial score (nSPS) is 30.0. The van der Waals surface area contributed by atoms with Crippen molar-refractivity contribution in [2.75, 3.05) is 19.6 Å². The van der Waals surface area contributed by atoms with E-state index < -0.39 is 5.41 Å². The fourth-order valence-corrected chi connectivity index (χ4v) is 4.32.